The van der Waals surface area contributed by atoms with E-state index in [1.54, 1.807) is 0 Å². The summed E-state index contributed by atoms with van der Waals surface area (Å²) in [6.45, 7) is 29.4. The van der Waals surface area contributed by atoms with Gasteiger partial charge >= 0.3 is 0 Å². The van der Waals surface area contributed by atoms with Gasteiger partial charge in [-0.3, -0.25) is 0 Å². The first-order chi connectivity index (χ1) is 23.3. The largest absolute Gasteiger partial charge is 0.658 e. The van der Waals surface area contributed by atoms with E-state index in [-0.39, 0.29) is 44.0 Å². The second-order valence-corrected chi connectivity index (χ2v) is 17.7. The van der Waals surface area contributed by atoms with E-state index in [9.17, 15) is 0 Å². The van der Waals surface area contributed by atoms with Crippen LogP contribution in [0, 0.1) is 6.67 Å². The van der Waals surface area contributed by atoms with E-state index in [0.29, 0.717) is 0 Å². The summed E-state index contributed by atoms with van der Waals surface area (Å²) in [5, 5.41) is 5.14. The number of fused-ring (bicyclic) bond motifs is 1. The zero-order valence-electron chi connectivity index (χ0n) is 32.8. The van der Waals surface area contributed by atoms with Gasteiger partial charge in [0, 0.05) is 45.1 Å². The Morgan fingerprint density at radius 1 is 0.392 bits per heavy atom. The van der Waals surface area contributed by atoms with Crippen LogP contribution in [0.15, 0.2) is 121 Å². The van der Waals surface area contributed by atoms with Crippen LogP contribution in [0.2, 0.25) is 0 Å². The topological polar surface area (TPSA) is 20.6 Å². The molecule has 5 aromatic carbocycles. The Morgan fingerprint density at radius 2 is 0.667 bits per heavy atom. The summed E-state index contributed by atoms with van der Waals surface area (Å²) in [6, 6.07) is 43.1. The Balaban J connectivity index is 0.000000234. The molecular weight excluding hydrogens is 804 g/mol. The molecule has 6 rings (SSSR count). The summed E-state index contributed by atoms with van der Waals surface area (Å²) in [6.07, 6.45) is 0. The molecule has 3 nitrogen and oxygen atoms in total. The molecule has 51 heavy (non-hydrogen) atoms. The Labute approximate surface area is 325 Å². The van der Waals surface area contributed by atoms with Crippen molar-refractivity contribution in [3.63, 3.8) is 0 Å². The molecule has 0 bridgehead atoms. The van der Waals surface area contributed by atoms with Crippen LogP contribution in [0.4, 0.5) is 34.1 Å². The number of para-hydroxylation sites is 4. The third-order valence-corrected chi connectivity index (χ3v) is 9.26. The molecule has 0 fully saturated rings. The number of anilines is 4. The van der Waals surface area contributed by atoms with Crippen LogP contribution in [0.5, 0.6) is 0 Å². The average Bonchev–Trinajstić information content (AvgIpc) is 3.44. The summed E-state index contributed by atoms with van der Waals surface area (Å²) in [7, 11) is 0. The first kappa shape index (κ1) is 40.0. The molecule has 273 valence electrons. The van der Waals surface area contributed by atoms with Crippen molar-refractivity contribution in [2.24, 2.45) is 0 Å². The molecule has 0 saturated carbocycles. The molecule has 1 heterocycles. The molecule has 0 saturated heterocycles. The standard InChI is InChI=1S/C28H42N.C19H15N2.Au/c1-25(2,3)19-13-20(26(4,5)6)16-23(15-19)29-24-17-21(27(7,8)9)14-22(18-24)28(10,11)12;1-3-9-16(10-4-1)20-15-21(17-11-5-2-6-12-17)19-14-8-7-13-18(19)20;/h13-18H,1-12H3;1-15H;/q2*-1;. The molecule has 1 radical (unpaired) electrons. The Morgan fingerprint density at radius 3 is 0.941 bits per heavy atom. The van der Waals surface area contributed by atoms with Gasteiger partial charge in [0.05, 0.1) is 0 Å². The minimum absolute atomic E-state index is 0. The van der Waals surface area contributed by atoms with Crippen LogP contribution >= 0.6 is 0 Å². The predicted octanol–water partition coefficient (Wildman–Crippen LogP) is 14.3. The van der Waals surface area contributed by atoms with Crippen molar-refractivity contribution in [1.29, 1.82) is 0 Å². The second-order valence-electron chi connectivity index (χ2n) is 17.7. The molecule has 0 spiro atoms. The third kappa shape index (κ3) is 9.98. The Kier molecular flexibility index (Phi) is 12.1. The molecular formula is C47H57AuN3-2. The van der Waals surface area contributed by atoms with Crippen molar-refractivity contribution in [2.45, 2.75) is 105 Å². The fourth-order valence-electron chi connectivity index (χ4n) is 5.93. The summed E-state index contributed by atoms with van der Waals surface area (Å²) in [4.78, 5) is 4.45. The fourth-order valence-corrected chi connectivity index (χ4v) is 5.93. The molecule has 1 aliphatic rings. The molecule has 0 amide bonds. The molecule has 5 aromatic rings. The van der Waals surface area contributed by atoms with Gasteiger partial charge in [0.2, 0.25) is 0 Å². The van der Waals surface area contributed by atoms with Gasteiger partial charge < -0.3 is 15.1 Å². The van der Waals surface area contributed by atoms with Crippen molar-refractivity contribution in [3.05, 3.63) is 156 Å². The first-order valence-corrected chi connectivity index (χ1v) is 18.0. The van der Waals surface area contributed by atoms with Gasteiger partial charge in [-0.1, -0.05) is 168 Å². The summed E-state index contributed by atoms with van der Waals surface area (Å²) in [5.41, 5.74) is 12.6. The van der Waals surface area contributed by atoms with Gasteiger partial charge in [-0.2, -0.15) is 0 Å². The van der Waals surface area contributed by atoms with Crippen LogP contribution in [0.25, 0.3) is 5.32 Å². The zero-order valence-corrected chi connectivity index (χ0v) is 34.9. The van der Waals surface area contributed by atoms with Gasteiger partial charge in [0.15, 0.2) is 0 Å². The van der Waals surface area contributed by atoms with E-state index in [4.69, 9.17) is 5.32 Å². The fraction of sp³-hybridized carbons (Fsp3) is 0.340. The van der Waals surface area contributed by atoms with Crippen LogP contribution < -0.4 is 9.80 Å². The van der Waals surface area contributed by atoms with E-state index in [2.05, 4.69) is 209 Å². The minimum Gasteiger partial charge on any atom is -0.658 e. The summed E-state index contributed by atoms with van der Waals surface area (Å²) in [5.74, 6) is 0. The maximum Gasteiger partial charge on any atom is 0.0345 e. The third-order valence-electron chi connectivity index (χ3n) is 9.26. The van der Waals surface area contributed by atoms with E-state index in [0.717, 1.165) is 11.4 Å². The van der Waals surface area contributed by atoms with Crippen molar-refractivity contribution in [1.82, 2.24) is 0 Å². The van der Waals surface area contributed by atoms with E-state index >= 15 is 0 Å². The molecule has 0 atom stereocenters. The van der Waals surface area contributed by atoms with Crippen LogP contribution in [-0.4, -0.2) is 0 Å². The molecule has 0 aliphatic carbocycles. The first-order valence-electron chi connectivity index (χ1n) is 18.0. The second kappa shape index (κ2) is 15.5. The number of hydrogen-bond acceptors (Lipinski definition) is 2. The van der Waals surface area contributed by atoms with Crippen molar-refractivity contribution < 1.29 is 22.4 Å². The van der Waals surface area contributed by atoms with Gasteiger partial charge in [-0.25, -0.2) is 0 Å². The van der Waals surface area contributed by atoms with Gasteiger partial charge in [0.1, 0.15) is 0 Å². The maximum atomic E-state index is 5.14. The average molecular weight is 861 g/mol. The Bertz CT molecular complexity index is 1680. The maximum absolute atomic E-state index is 5.14. The normalized spacial score (nSPS) is 13.2. The van der Waals surface area contributed by atoms with Gasteiger partial charge in [0.25, 0.3) is 0 Å². The predicted molar refractivity (Wildman–Crippen MR) is 218 cm³/mol. The van der Waals surface area contributed by atoms with E-state index in [1.165, 1.54) is 45.0 Å². The number of nitrogens with zero attached hydrogens (tertiary/aromatic N) is 3. The van der Waals surface area contributed by atoms with Crippen molar-refractivity contribution in [2.75, 3.05) is 9.80 Å². The van der Waals surface area contributed by atoms with Gasteiger partial charge in [-0.15, -0.1) is 18.0 Å². The van der Waals surface area contributed by atoms with E-state index < -0.39 is 0 Å². The smallest absolute Gasteiger partial charge is 0.0345 e. The number of rotatable bonds is 4. The van der Waals surface area contributed by atoms with E-state index in [1.807, 2.05) is 12.1 Å². The van der Waals surface area contributed by atoms with Gasteiger partial charge in [-0.05, 0) is 80.3 Å². The number of benzene rings is 5. The van der Waals surface area contributed by atoms with Crippen molar-refractivity contribution >= 4 is 34.1 Å². The molecule has 4 heteroatoms. The van der Waals surface area contributed by atoms with Crippen LogP contribution in [0.1, 0.15) is 105 Å². The molecule has 1 aliphatic heterocycles. The quantitative estimate of drug-likeness (QED) is 0.133. The Hall–Kier alpha value is -3.76. The summed E-state index contributed by atoms with van der Waals surface area (Å²) < 4.78 is 0. The SMILES string of the molecule is CC(C)(C)c1cc([N-]c2cc(C(C)(C)C)cc(C(C)(C)C)c2)cc(C(C)(C)C)c1.[Au].c1ccc(N2[CH-]N(c3ccccc3)c3ccccc32)cc1. The molecule has 0 unspecified atom stereocenters. The molecule has 0 N–H and O–H groups in total. The summed E-state index contributed by atoms with van der Waals surface area (Å²) >= 11 is 0. The van der Waals surface area contributed by atoms with Crippen molar-refractivity contribution in [3.8, 4) is 0 Å². The van der Waals surface area contributed by atoms with Crippen LogP contribution in [0.3, 0.4) is 0 Å². The molecule has 0 aromatic heterocycles. The zero-order chi connectivity index (χ0) is 36.5. The minimum atomic E-state index is 0. The van der Waals surface area contributed by atoms with Crippen LogP contribution in [-0.2, 0) is 44.0 Å². The monoisotopic (exact) mass is 860 g/mol. The number of hydrogen-bond donors (Lipinski definition) is 0.